The summed E-state index contributed by atoms with van der Waals surface area (Å²) in [5, 5.41) is 2.82. The average Bonchev–Trinajstić information content (AvgIpc) is 2.11. The fraction of sp³-hybridized carbons (Fsp3) is 0.364. The molecule has 1 amide bonds. The third-order valence-electron chi connectivity index (χ3n) is 2.14. The van der Waals surface area contributed by atoms with Crippen LogP contribution in [-0.2, 0) is 4.79 Å². The molecule has 76 valence electrons. The minimum absolute atomic E-state index is 0.0201. The fourth-order valence-electron chi connectivity index (χ4n) is 1.06. The number of anilines is 1. The van der Waals surface area contributed by atoms with Crippen LogP contribution >= 0.6 is 15.9 Å². The van der Waals surface area contributed by atoms with Gasteiger partial charge in [-0.1, -0.05) is 22.0 Å². The van der Waals surface area contributed by atoms with Gasteiger partial charge >= 0.3 is 0 Å². The van der Waals surface area contributed by atoms with E-state index in [0.29, 0.717) is 0 Å². The molecule has 0 aromatic heterocycles. The van der Waals surface area contributed by atoms with Gasteiger partial charge in [-0.2, -0.15) is 0 Å². The molecular formula is C11H14BrNO. The van der Waals surface area contributed by atoms with Gasteiger partial charge in [0.05, 0.1) is 4.83 Å². The van der Waals surface area contributed by atoms with Crippen LogP contribution in [0.2, 0.25) is 0 Å². The highest BCUT2D eigenvalue weighted by molar-refractivity contribution is 9.10. The van der Waals surface area contributed by atoms with Gasteiger partial charge < -0.3 is 5.32 Å². The van der Waals surface area contributed by atoms with E-state index in [1.54, 1.807) is 6.92 Å². The Kier molecular flexibility index (Phi) is 3.69. The molecule has 0 aliphatic heterocycles. The monoisotopic (exact) mass is 255 g/mol. The lowest BCUT2D eigenvalue weighted by Crippen LogP contribution is -2.19. The molecule has 1 atom stereocenters. The van der Waals surface area contributed by atoms with Crippen molar-refractivity contribution >= 4 is 27.5 Å². The zero-order chi connectivity index (χ0) is 10.7. The second-order valence-corrected chi connectivity index (χ2v) is 4.78. The second kappa shape index (κ2) is 4.60. The molecule has 1 aromatic rings. The SMILES string of the molecule is Cc1ccc(NC(=O)C(C)Br)cc1C. The second-order valence-electron chi connectivity index (χ2n) is 3.40. The molecule has 1 aromatic carbocycles. The molecule has 0 bridgehead atoms. The molecule has 14 heavy (non-hydrogen) atoms. The number of aryl methyl sites for hydroxylation is 2. The zero-order valence-corrected chi connectivity index (χ0v) is 10.2. The van der Waals surface area contributed by atoms with Gasteiger partial charge in [0.1, 0.15) is 0 Å². The first-order valence-corrected chi connectivity index (χ1v) is 5.44. The molecule has 1 N–H and O–H groups in total. The van der Waals surface area contributed by atoms with Crippen molar-refractivity contribution in [3.8, 4) is 0 Å². The highest BCUT2D eigenvalue weighted by Crippen LogP contribution is 2.15. The summed E-state index contributed by atoms with van der Waals surface area (Å²) in [5.74, 6) is -0.0201. The Hall–Kier alpha value is -0.830. The normalized spacial score (nSPS) is 12.3. The lowest BCUT2D eigenvalue weighted by Gasteiger charge is -2.08. The Morgan fingerprint density at radius 3 is 2.50 bits per heavy atom. The number of rotatable bonds is 2. The molecule has 2 nitrogen and oxygen atoms in total. The van der Waals surface area contributed by atoms with Crippen LogP contribution in [0.25, 0.3) is 0 Å². The van der Waals surface area contributed by atoms with Crippen molar-refractivity contribution < 1.29 is 4.79 Å². The van der Waals surface area contributed by atoms with E-state index in [2.05, 4.69) is 21.2 Å². The first kappa shape index (κ1) is 11.2. The molecule has 0 aliphatic rings. The van der Waals surface area contributed by atoms with E-state index in [-0.39, 0.29) is 10.7 Å². The summed E-state index contributed by atoms with van der Waals surface area (Å²) >= 11 is 3.22. The Bertz CT molecular complexity index is 347. The Labute approximate surface area is 92.8 Å². The van der Waals surface area contributed by atoms with Gasteiger partial charge in [-0.3, -0.25) is 4.79 Å². The maximum Gasteiger partial charge on any atom is 0.237 e. The maximum absolute atomic E-state index is 11.4. The van der Waals surface area contributed by atoms with Crippen LogP contribution in [0.15, 0.2) is 18.2 Å². The van der Waals surface area contributed by atoms with Crippen molar-refractivity contribution in [2.24, 2.45) is 0 Å². The molecule has 3 heteroatoms. The van der Waals surface area contributed by atoms with Crippen molar-refractivity contribution in [3.63, 3.8) is 0 Å². The van der Waals surface area contributed by atoms with Crippen LogP contribution in [0.1, 0.15) is 18.1 Å². The lowest BCUT2D eigenvalue weighted by atomic mass is 10.1. The van der Waals surface area contributed by atoms with Crippen LogP contribution in [0.4, 0.5) is 5.69 Å². The lowest BCUT2D eigenvalue weighted by molar-refractivity contribution is -0.115. The summed E-state index contributed by atoms with van der Waals surface area (Å²) < 4.78 is 0. The fourth-order valence-corrected chi connectivity index (χ4v) is 1.18. The summed E-state index contributed by atoms with van der Waals surface area (Å²) in [5.41, 5.74) is 3.27. The molecule has 0 radical (unpaired) electrons. The van der Waals surface area contributed by atoms with Crippen molar-refractivity contribution in [1.29, 1.82) is 0 Å². The number of halogens is 1. The maximum atomic E-state index is 11.4. The van der Waals surface area contributed by atoms with Crippen molar-refractivity contribution in [2.75, 3.05) is 5.32 Å². The third-order valence-corrected chi connectivity index (χ3v) is 2.55. The standard InChI is InChI=1S/C11H14BrNO/c1-7-4-5-10(6-8(7)2)13-11(14)9(3)12/h4-6,9H,1-3H3,(H,13,14). The topological polar surface area (TPSA) is 29.1 Å². The van der Waals surface area contributed by atoms with Gasteiger partial charge in [0, 0.05) is 5.69 Å². The van der Waals surface area contributed by atoms with Gasteiger partial charge in [-0.05, 0) is 44.0 Å². The number of hydrogen-bond donors (Lipinski definition) is 1. The van der Waals surface area contributed by atoms with E-state index in [1.807, 2.05) is 32.0 Å². The first-order chi connectivity index (χ1) is 6.50. The summed E-state index contributed by atoms with van der Waals surface area (Å²) in [7, 11) is 0. The third kappa shape index (κ3) is 2.84. The predicted octanol–water partition coefficient (Wildman–Crippen LogP) is 3.03. The number of carbonyl (C=O) groups excluding carboxylic acids is 1. The minimum Gasteiger partial charge on any atom is -0.325 e. The smallest absolute Gasteiger partial charge is 0.237 e. The molecule has 0 spiro atoms. The molecule has 0 aliphatic carbocycles. The zero-order valence-electron chi connectivity index (χ0n) is 8.60. The van der Waals surface area contributed by atoms with Gasteiger partial charge in [0.15, 0.2) is 0 Å². The van der Waals surface area contributed by atoms with E-state index in [4.69, 9.17) is 0 Å². The van der Waals surface area contributed by atoms with E-state index >= 15 is 0 Å². The van der Waals surface area contributed by atoms with E-state index < -0.39 is 0 Å². The Morgan fingerprint density at radius 1 is 1.36 bits per heavy atom. The van der Waals surface area contributed by atoms with Gasteiger partial charge in [0.25, 0.3) is 0 Å². The van der Waals surface area contributed by atoms with Gasteiger partial charge in [-0.25, -0.2) is 0 Å². The largest absolute Gasteiger partial charge is 0.325 e. The highest BCUT2D eigenvalue weighted by atomic mass is 79.9. The van der Waals surface area contributed by atoms with E-state index in [9.17, 15) is 4.79 Å². The van der Waals surface area contributed by atoms with Crippen LogP contribution in [0.5, 0.6) is 0 Å². The van der Waals surface area contributed by atoms with E-state index in [1.165, 1.54) is 11.1 Å². The quantitative estimate of drug-likeness (QED) is 0.809. The average molecular weight is 256 g/mol. The summed E-state index contributed by atoms with van der Waals surface area (Å²) in [6.45, 7) is 5.88. The van der Waals surface area contributed by atoms with Crippen molar-refractivity contribution in [3.05, 3.63) is 29.3 Å². The van der Waals surface area contributed by atoms with E-state index in [0.717, 1.165) is 5.69 Å². The van der Waals surface area contributed by atoms with Crippen LogP contribution in [0.3, 0.4) is 0 Å². The molecule has 0 saturated carbocycles. The molecule has 1 rings (SSSR count). The van der Waals surface area contributed by atoms with Crippen LogP contribution in [0, 0.1) is 13.8 Å². The van der Waals surface area contributed by atoms with Crippen molar-refractivity contribution in [2.45, 2.75) is 25.6 Å². The van der Waals surface area contributed by atoms with Gasteiger partial charge in [-0.15, -0.1) is 0 Å². The summed E-state index contributed by atoms with van der Waals surface area (Å²) in [4.78, 5) is 11.2. The van der Waals surface area contributed by atoms with Crippen LogP contribution < -0.4 is 5.32 Å². The van der Waals surface area contributed by atoms with Gasteiger partial charge in [0.2, 0.25) is 5.91 Å². The van der Waals surface area contributed by atoms with Crippen molar-refractivity contribution in [1.82, 2.24) is 0 Å². The number of alkyl halides is 1. The number of hydrogen-bond acceptors (Lipinski definition) is 1. The molecular weight excluding hydrogens is 242 g/mol. The molecule has 0 heterocycles. The Balaban J connectivity index is 2.78. The number of benzene rings is 1. The summed E-state index contributed by atoms with van der Waals surface area (Å²) in [6.07, 6.45) is 0. The molecule has 0 fully saturated rings. The Morgan fingerprint density at radius 2 is 2.00 bits per heavy atom. The molecule has 0 saturated heterocycles. The number of nitrogens with one attached hydrogen (secondary N) is 1. The number of amides is 1. The molecule has 1 unspecified atom stereocenters. The highest BCUT2D eigenvalue weighted by Gasteiger charge is 2.08. The minimum atomic E-state index is -0.163. The summed E-state index contributed by atoms with van der Waals surface area (Å²) in [6, 6.07) is 5.89. The first-order valence-electron chi connectivity index (χ1n) is 4.53. The van der Waals surface area contributed by atoms with Crippen LogP contribution in [-0.4, -0.2) is 10.7 Å². The number of carbonyl (C=O) groups is 1. The predicted molar refractivity (Wildman–Crippen MR) is 62.9 cm³/mol.